The summed E-state index contributed by atoms with van der Waals surface area (Å²) >= 11 is 4.08. The molecule has 1 saturated carbocycles. The van der Waals surface area contributed by atoms with Crippen LogP contribution in [0.15, 0.2) is 36.4 Å². The molecule has 0 radical (unpaired) electrons. The van der Waals surface area contributed by atoms with Crippen molar-refractivity contribution < 1.29 is 19.4 Å². The number of nitrogens with one attached hydrogen (secondary N) is 1. The molecule has 3 aromatic heterocycles. The summed E-state index contributed by atoms with van der Waals surface area (Å²) in [6.45, 7) is 3.78. The third kappa shape index (κ3) is 4.50. The monoisotopic (exact) mass is 523 g/mol. The van der Waals surface area contributed by atoms with Crippen LogP contribution in [0, 0.1) is 18.8 Å². The van der Waals surface area contributed by atoms with Crippen molar-refractivity contribution in [2.75, 3.05) is 11.1 Å². The average Bonchev–Trinajstić information content (AvgIpc) is 3.25. The Balaban J connectivity index is 1.30. The Hall–Kier alpha value is -3.39. The molecule has 0 spiro atoms. The number of carbonyl (C=O) groups excluding carboxylic acids is 1. The minimum absolute atomic E-state index is 0.335. The maximum absolute atomic E-state index is 12.5. The quantitative estimate of drug-likeness (QED) is 0.271. The molecule has 4 aromatic rings. The number of aliphatic carboxylic acids is 1. The second-order valence-corrected chi connectivity index (χ2v) is 11.6. The first-order valence-corrected chi connectivity index (χ1v) is 13.2. The largest absolute Gasteiger partial charge is 0.481 e. The summed E-state index contributed by atoms with van der Waals surface area (Å²) in [5, 5.41) is 13.6. The number of hydrogen-bond donors (Lipinski definition) is 3. The summed E-state index contributed by atoms with van der Waals surface area (Å²) in [6.07, 6.45) is 0.317. The van der Waals surface area contributed by atoms with E-state index >= 15 is 0 Å². The third-order valence-corrected chi connectivity index (χ3v) is 9.19. The Morgan fingerprint density at radius 2 is 2.00 bits per heavy atom. The van der Waals surface area contributed by atoms with Gasteiger partial charge in [-0.3, -0.25) is 10.1 Å². The van der Waals surface area contributed by atoms with Crippen LogP contribution in [-0.2, 0) is 14.9 Å². The number of benzene rings is 1. The molecule has 35 heavy (non-hydrogen) atoms. The van der Waals surface area contributed by atoms with E-state index in [-0.39, 0.29) is 0 Å². The van der Waals surface area contributed by atoms with Crippen molar-refractivity contribution in [2.24, 2.45) is 0 Å². The van der Waals surface area contributed by atoms with E-state index in [0.717, 1.165) is 41.8 Å². The van der Waals surface area contributed by atoms with Gasteiger partial charge in [0.05, 0.1) is 8.89 Å². The van der Waals surface area contributed by atoms with E-state index in [0.29, 0.717) is 29.2 Å². The number of fused-ring (bicyclic) bond motifs is 1. The van der Waals surface area contributed by atoms with Crippen LogP contribution in [0.1, 0.15) is 52.4 Å². The number of thiophene rings is 2. The molecule has 1 amide bonds. The molecule has 178 valence electrons. The number of rotatable bonds is 5. The van der Waals surface area contributed by atoms with Crippen molar-refractivity contribution in [2.45, 2.75) is 38.2 Å². The van der Waals surface area contributed by atoms with Crippen LogP contribution in [0.25, 0.3) is 9.40 Å². The number of carboxylic acids is 1. The molecule has 1 atom stereocenters. The Morgan fingerprint density at radius 3 is 2.69 bits per heavy atom. The molecular weight excluding hydrogens is 502 g/mol. The zero-order valence-electron chi connectivity index (χ0n) is 18.9. The van der Waals surface area contributed by atoms with Gasteiger partial charge in [-0.2, -0.15) is 4.37 Å². The van der Waals surface area contributed by atoms with Gasteiger partial charge in [0.25, 0.3) is 0 Å². The highest BCUT2D eigenvalue weighted by Crippen LogP contribution is 2.52. The van der Waals surface area contributed by atoms with Gasteiger partial charge in [0.1, 0.15) is 22.2 Å². The first-order chi connectivity index (χ1) is 16.8. The lowest BCUT2D eigenvalue weighted by atomic mass is 10.1. The standard InChI is InChI=1S/C25H21N3O4S3/c1-13-5-3-4-6-17(13)14(2)32-24(31)27-20-18(28-35-21(20)26)8-7-16-11-15-12-19(34-22(15)33-16)25(9-10-25)23(29)30/h3-6,11-12,14H,9-10,26H2,1-2H3,(H,27,31)(H,29,30). The van der Waals surface area contributed by atoms with Gasteiger partial charge in [-0.1, -0.05) is 24.3 Å². The van der Waals surface area contributed by atoms with Gasteiger partial charge in [0.2, 0.25) is 0 Å². The van der Waals surface area contributed by atoms with Crippen molar-refractivity contribution in [1.82, 2.24) is 4.37 Å². The van der Waals surface area contributed by atoms with Crippen molar-refractivity contribution in [3.63, 3.8) is 0 Å². The zero-order valence-corrected chi connectivity index (χ0v) is 21.3. The number of carbonyl (C=O) groups is 2. The van der Waals surface area contributed by atoms with E-state index in [1.165, 1.54) is 22.7 Å². The highest BCUT2D eigenvalue weighted by molar-refractivity contribution is 7.38. The lowest BCUT2D eigenvalue weighted by molar-refractivity contribution is -0.139. The van der Waals surface area contributed by atoms with Crippen LogP contribution < -0.4 is 11.1 Å². The summed E-state index contributed by atoms with van der Waals surface area (Å²) in [7, 11) is 0. The lowest BCUT2D eigenvalue weighted by Crippen LogP contribution is -2.17. The highest BCUT2D eigenvalue weighted by Gasteiger charge is 2.53. The van der Waals surface area contributed by atoms with Gasteiger partial charge in [0, 0.05) is 10.3 Å². The molecule has 1 aliphatic carbocycles. The molecule has 1 aromatic carbocycles. The van der Waals surface area contributed by atoms with Gasteiger partial charge in [-0.25, -0.2) is 4.79 Å². The van der Waals surface area contributed by atoms with Crippen molar-refractivity contribution in [3.8, 4) is 11.8 Å². The molecular formula is C25H21N3O4S3. The first-order valence-electron chi connectivity index (χ1n) is 10.8. The van der Waals surface area contributed by atoms with E-state index in [1.807, 2.05) is 50.2 Å². The Morgan fingerprint density at radius 1 is 1.23 bits per heavy atom. The van der Waals surface area contributed by atoms with Crippen LogP contribution in [0.3, 0.4) is 0 Å². The molecule has 1 aliphatic rings. The van der Waals surface area contributed by atoms with Crippen LogP contribution in [0.4, 0.5) is 15.5 Å². The number of amides is 1. The molecule has 4 N–H and O–H groups in total. The Bertz CT molecular complexity index is 1490. The topological polar surface area (TPSA) is 115 Å². The SMILES string of the molecule is Cc1ccccc1C(C)OC(=O)Nc1c(C#Cc2cc3cc(C4(C(=O)O)CC4)sc3s2)nsc1N. The number of ether oxygens (including phenoxy) is 1. The number of anilines is 2. The molecule has 7 nitrogen and oxygen atoms in total. The fourth-order valence-corrected chi connectivity index (χ4v) is 6.96. The summed E-state index contributed by atoms with van der Waals surface area (Å²) in [6, 6.07) is 11.6. The van der Waals surface area contributed by atoms with Crippen LogP contribution in [-0.4, -0.2) is 21.5 Å². The van der Waals surface area contributed by atoms with Gasteiger partial charge >= 0.3 is 12.1 Å². The molecule has 0 aliphatic heterocycles. The van der Waals surface area contributed by atoms with Crippen LogP contribution >= 0.6 is 34.2 Å². The van der Waals surface area contributed by atoms with Gasteiger partial charge in [-0.05, 0) is 73.3 Å². The van der Waals surface area contributed by atoms with E-state index < -0.39 is 23.6 Å². The molecule has 1 fully saturated rings. The van der Waals surface area contributed by atoms with Crippen molar-refractivity contribution >= 4 is 66.4 Å². The fourth-order valence-electron chi connectivity index (χ4n) is 3.86. The van der Waals surface area contributed by atoms with Crippen molar-refractivity contribution in [3.05, 3.63) is 63.0 Å². The minimum atomic E-state index is -0.751. The fraction of sp³-hybridized carbons (Fsp3) is 0.240. The predicted molar refractivity (Wildman–Crippen MR) is 140 cm³/mol. The normalized spacial score (nSPS) is 14.7. The minimum Gasteiger partial charge on any atom is -0.481 e. The number of nitrogens with zero attached hydrogens (tertiary/aromatic N) is 1. The molecule has 1 unspecified atom stereocenters. The third-order valence-electron chi connectivity index (χ3n) is 6.01. The Labute approximate surface area is 213 Å². The van der Waals surface area contributed by atoms with E-state index in [2.05, 4.69) is 21.5 Å². The summed E-state index contributed by atoms with van der Waals surface area (Å²) < 4.78 is 10.8. The van der Waals surface area contributed by atoms with Gasteiger partial charge in [0.15, 0.2) is 5.69 Å². The molecule has 0 bridgehead atoms. The molecule has 3 heterocycles. The number of carboxylic acid groups (broad SMARTS) is 1. The molecule has 10 heteroatoms. The zero-order chi connectivity index (χ0) is 24.7. The van der Waals surface area contributed by atoms with Crippen LogP contribution in [0.2, 0.25) is 0 Å². The number of aryl methyl sites for hydroxylation is 1. The van der Waals surface area contributed by atoms with E-state index in [4.69, 9.17) is 10.5 Å². The number of hydrogen-bond acceptors (Lipinski definition) is 8. The predicted octanol–water partition coefficient (Wildman–Crippen LogP) is 6.14. The summed E-state index contributed by atoms with van der Waals surface area (Å²) in [5.74, 6) is 5.33. The average molecular weight is 524 g/mol. The number of nitrogen functional groups attached to an aromatic ring is 1. The summed E-state index contributed by atoms with van der Waals surface area (Å²) in [5.41, 5.74) is 8.00. The highest BCUT2D eigenvalue weighted by atomic mass is 32.2. The smallest absolute Gasteiger partial charge is 0.412 e. The number of aromatic nitrogens is 1. The van der Waals surface area contributed by atoms with E-state index in [9.17, 15) is 14.7 Å². The summed E-state index contributed by atoms with van der Waals surface area (Å²) in [4.78, 5) is 25.9. The second-order valence-electron chi connectivity index (χ2n) is 8.40. The first kappa shape index (κ1) is 23.4. The Kier molecular flexibility index (Phi) is 6.01. The number of nitrogens with two attached hydrogens (primary N) is 1. The lowest BCUT2D eigenvalue weighted by Gasteiger charge is -2.16. The maximum atomic E-state index is 12.5. The van der Waals surface area contributed by atoms with E-state index in [1.54, 1.807) is 0 Å². The van der Waals surface area contributed by atoms with Crippen molar-refractivity contribution in [1.29, 1.82) is 0 Å². The maximum Gasteiger partial charge on any atom is 0.412 e. The van der Waals surface area contributed by atoms with Gasteiger partial charge in [-0.15, -0.1) is 22.7 Å². The molecule has 0 saturated heterocycles. The van der Waals surface area contributed by atoms with Gasteiger partial charge < -0.3 is 15.6 Å². The molecule has 5 rings (SSSR count). The second kappa shape index (κ2) is 9.00. The van der Waals surface area contributed by atoms with Crippen LogP contribution in [0.5, 0.6) is 0 Å².